The van der Waals surface area contributed by atoms with E-state index in [1.165, 1.54) is 6.07 Å². The molecule has 0 unspecified atom stereocenters. The van der Waals surface area contributed by atoms with E-state index in [2.05, 4.69) is 5.32 Å². The van der Waals surface area contributed by atoms with E-state index < -0.39 is 17.2 Å². The fourth-order valence-electron chi connectivity index (χ4n) is 4.86. The number of nitrogens with zero attached hydrogens (tertiary/aromatic N) is 1. The number of aliphatic carboxylic acids is 1. The molecular weight excluding hydrogens is 351 g/mol. The van der Waals surface area contributed by atoms with E-state index in [9.17, 15) is 19.1 Å². The highest BCUT2D eigenvalue weighted by Crippen LogP contribution is 2.49. The summed E-state index contributed by atoms with van der Waals surface area (Å²) in [6, 6.07) is 4.04. The topological polar surface area (TPSA) is 78.9 Å². The maximum absolute atomic E-state index is 14.3. The van der Waals surface area contributed by atoms with Gasteiger partial charge in [-0.25, -0.2) is 9.18 Å². The molecule has 1 aromatic rings. The lowest BCUT2D eigenvalue weighted by atomic mass is 9.81. The quantitative estimate of drug-likeness (QED) is 0.836. The number of likely N-dealkylation sites (tertiary alicyclic amines) is 1. The number of nitrogens with one attached hydrogen (secondary N) is 1. The summed E-state index contributed by atoms with van der Waals surface area (Å²) in [5, 5.41) is 12.3. The summed E-state index contributed by atoms with van der Waals surface area (Å²) in [5.41, 5.74) is -0.473. The van der Waals surface area contributed by atoms with E-state index in [4.69, 9.17) is 4.74 Å². The van der Waals surface area contributed by atoms with Gasteiger partial charge in [-0.05, 0) is 56.6 Å². The predicted octanol–water partition coefficient (Wildman–Crippen LogP) is 3.87. The molecule has 6 nitrogen and oxygen atoms in total. The Hall–Kier alpha value is -2.31. The molecule has 1 heterocycles. The van der Waals surface area contributed by atoms with Gasteiger partial charge in [0.25, 0.3) is 0 Å². The number of urea groups is 1. The van der Waals surface area contributed by atoms with Crippen LogP contribution in [0, 0.1) is 17.2 Å². The van der Waals surface area contributed by atoms with Gasteiger partial charge in [-0.3, -0.25) is 4.79 Å². The summed E-state index contributed by atoms with van der Waals surface area (Å²) in [6.45, 7) is 0.647. The van der Waals surface area contributed by atoms with E-state index in [-0.39, 0.29) is 30.3 Å². The molecule has 2 atom stereocenters. The molecule has 4 rings (SSSR count). The number of halogens is 1. The van der Waals surface area contributed by atoms with Crippen molar-refractivity contribution in [2.24, 2.45) is 11.3 Å². The molecule has 1 saturated heterocycles. The second kappa shape index (κ2) is 7.02. The van der Waals surface area contributed by atoms with Crippen LogP contribution in [-0.4, -0.2) is 41.2 Å². The van der Waals surface area contributed by atoms with Crippen molar-refractivity contribution < 1.29 is 23.8 Å². The number of carbonyl (C=O) groups is 2. The number of rotatable bonds is 4. The number of anilines is 1. The van der Waals surface area contributed by atoms with E-state index >= 15 is 0 Å². The lowest BCUT2D eigenvalue weighted by molar-refractivity contribution is -0.149. The van der Waals surface area contributed by atoms with Crippen LogP contribution in [0.1, 0.15) is 44.9 Å². The maximum Gasteiger partial charge on any atom is 0.321 e. The number of carboxylic acid groups (broad SMARTS) is 1. The SMILES string of the molecule is O=C(Nc1ccc(OC2CCCC2)c(F)c1)N1C[C@@H]2CCC[C@@]2(C(=O)O)C1. The Morgan fingerprint density at radius 3 is 2.67 bits per heavy atom. The molecule has 2 saturated carbocycles. The minimum Gasteiger partial charge on any atom is -0.487 e. The van der Waals surface area contributed by atoms with Gasteiger partial charge in [0.05, 0.1) is 11.5 Å². The number of hydrogen-bond donors (Lipinski definition) is 2. The fourth-order valence-corrected chi connectivity index (χ4v) is 4.86. The van der Waals surface area contributed by atoms with Gasteiger partial charge in [0, 0.05) is 24.8 Å². The van der Waals surface area contributed by atoms with E-state index in [1.54, 1.807) is 17.0 Å². The van der Waals surface area contributed by atoms with Crippen molar-refractivity contribution in [1.82, 2.24) is 4.90 Å². The molecule has 0 spiro atoms. The van der Waals surface area contributed by atoms with Crippen LogP contribution in [0.2, 0.25) is 0 Å². The van der Waals surface area contributed by atoms with Crippen LogP contribution in [0.4, 0.5) is 14.9 Å². The fraction of sp³-hybridized carbons (Fsp3) is 0.600. The second-order valence-electron chi connectivity index (χ2n) is 8.03. The summed E-state index contributed by atoms with van der Waals surface area (Å²) in [7, 11) is 0. The molecule has 1 aliphatic heterocycles. The zero-order valence-electron chi connectivity index (χ0n) is 15.2. The van der Waals surface area contributed by atoms with Crippen molar-refractivity contribution in [3.05, 3.63) is 24.0 Å². The van der Waals surface area contributed by atoms with Crippen molar-refractivity contribution in [2.45, 2.75) is 51.0 Å². The Morgan fingerprint density at radius 2 is 2.00 bits per heavy atom. The van der Waals surface area contributed by atoms with E-state index in [0.29, 0.717) is 18.7 Å². The molecular formula is C20H25FN2O4. The van der Waals surface area contributed by atoms with Gasteiger partial charge < -0.3 is 20.1 Å². The van der Waals surface area contributed by atoms with Crippen molar-refractivity contribution in [3.8, 4) is 5.75 Å². The Labute approximate surface area is 157 Å². The van der Waals surface area contributed by atoms with Gasteiger partial charge in [-0.15, -0.1) is 0 Å². The average Bonchev–Trinajstić information content (AvgIpc) is 3.32. The maximum atomic E-state index is 14.3. The first-order chi connectivity index (χ1) is 13.0. The minimum absolute atomic E-state index is 0.000302. The van der Waals surface area contributed by atoms with Crippen molar-refractivity contribution in [1.29, 1.82) is 0 Å². The Kier molecular flexibility index (Phi) is 4.70. The predicted molar refractivity (Wildman–Crippen MR) is 97.3 cm³/mol. The zero-order valence-corrected chi connectivity index (χ0v) is 15.2. The number of hydrogen-bond acceptors (Lipinski definition) is 3. The normalized spacial score (nSPS) is 27.6. The number of carboxylic acids is 1. The number of benzene rings is 1. The number of carbonyl (C=O) groups excluding carboxylic acids is 1. The Balaban J connectivity index is 1.40. The molecule has 2 aliphatic carbocycles. The largest absolute Gasteiger partial charge is 0.487 e. The standard InChI is InChI=1S/C20H25FN2O4/c21-16-10-14(7-8-17(16)27-15-5-1-2-6-15)22-19(26)23-11-13-4-3-9-20(13,12-23)18(24)25/h7-8,10,13,15H,1-6,9,11-12H2,(H,22,26)(H,24,25)/t13-,20+/m0/s1. The third kappa shape index (κ3) is 3.35. The van der Waals surface area contributed by atoms with Crippen LogP contribution >= 0.6 is 0 Å². The van der Waals surface area contributed by atoms with Crippen LogP contribution in [-0.2, 0) is 4.79 Å². The molecule has 0 aromatic heterocycles. The third-order valence-corrected chi connectivity index (χ3v) is 6.36. The molecule has 2 N–H and O–H groups in total. The van der Waals surface area contributed by atoms with Crippen molar-refractivity contribution in [3.63, 3.8) is 0 Å². The van der Waals surface area contributed by atoms with E-state index in [0.717, 1.165) is 38.5 Å². The average molecular weight is 376 g/mol. The zero-order chi connectivity index (χ0) is 19.0. The van der Waals surface area contributed by atoms with Gasteiger partial charge in [0.2, 0.25) is 0 Å². The number of ether oxygens (including phenoxy) is 1. The Bertz CT molecular complexity index is 749. The van der Waals surface area contributed by atoms with Crippen LogP contribution in [0.15, 0.2) is 18.2 Å². The number of fused-ring (bicyclic) bond motifs is 1. The Morgan fingerprint density at radius 1 is 1.22 bits per heavy atom. The highest BCUT2D eigenvalue weighted by molar-refractivity contribution is 5.90. The minimum atomic E-state index is -0.820. The lowest BCUT2D eigenvalue weighted by Crippen LogP contribution is -2.38. The summed E-state index contributed by atoms with van der Waals surface area (Å²) < 4.78 is 20.0. The van der Waals surface area contributed by atoms with Gasteiger partial charge in [0.1, 0.15) is 0 Å². The first-order valence-corrected chi connectivity index (χ1v) is 9.73. The van der Waals surface area contributed by atoms with Crippen LogP contribution in [0.5, 0.6) is 5.75 Å². The monoisotopic (exact) mass is 376 g/mol. The molecule has 3 aliphatic rings. The molecule has 7 heteroatoms. The van der Waals surface area contributed by atoms with Gasteiger partial charge >= 0.3 is 12.0 Å². The highest BCUT2D eigenvalue weighted by Gasteiger charge is 2.55. The molecule has 0 radical (unpaired) electrons. The molecule has 2 amide bonds. The second-order valence-corrected chi connectivity index (χ2v) is 8.03. The van der Waals surface area contributed by atoms with Gasteiger partial charge in [0.15, 0.2) is 11.6 Å². The van der Waals surface area contributed by atoms with Crippen molar-refractivity contribution >= 4 is 17.7 Å². The van der Waals surface area contributed by atoms with E-state index in [1.807, 2.05) is 0 Å². The first-order valence-electron chi connectivity index (χ1n) is 9.73. The van der Waals surface area contributed by atoms with Crippen LogP contribution in [0.25, 0.3) is 0 Å². The summed E-state index contributed by atoms with van der Waals surface area (Å²) in [4.78, 5) is 25.8. The van der Waals surface area contributed by atoms with Crippen LogP contribution < -0.4 is 10.1 Å². The van der Waals surface area contributed by atoms with Crippen LogP contribution in [0.3, 0.4) is 0 Å². The summed E-state index contributed by atoms with van der Waals surface area (Å²) in [6.07, 6.45) is 6.50. The van der Waals surface area contributed by atoms with Gasteiger partial charge in [-0.1, -0.05) is 6.42 Å². The molecule has 146 valence electrons. The number of amides is 2. The lowest BCUT2D eigenvalue weighted by Gasteiger charge is -2.23. The van der Waals surface area contributed by atoms with Crippen molar-refractivity contribution in [2.75, 3.05) is 18.4 Å². The first kappa shape index (κ1) is 18.1. The molecule has 0 bridgehead atoms. The highest BCUT2D eigenvalue weighted by atomic mass is 19.1. The smallest absolute Gasteiger partial charge is 0.321 e. The van der Waals surface area contributed by atoms with Gasteiger partial charge in [-0.2, -0.15) is 0 Å². The molecule has 27 heavy (non-hydrogen) atoms. The summed E-state index contributed by atoms with van der Waals surface area (Å²) >= 11 is 0. The molecule has 1 aromatic carbocycles. The molecule has 3 fully saturated rings. The summed E-state index contributed by atoms with van der Waals surface area (Å²) in [5.74, 6) is -1.11. The third-order valence-electron chi connectivity index (χ3n) is 6.36.